The van der Waals surface area contributed by atoms with Crippen LogP contribution in [0.3, 0.4) is 0 Å². The highest BCUT2D eigenvalue weighted by molar-refractivity contribution is 6.01. The van der Waals surface area contributed by atoms with Crippen molar-refractivity contribution >= 4 is 11.8 Å². The van der Waals surface area contributed by atoms with Crippen LogP contribution in [0.2, 0.25) is 0 Å². The molecule has 0 aliphatic carbocycles. The molecule has 0 spiro atoms. The second-order valence-electron chi connectivity index (χ2n) is 8.02. The van der Waals surface area contributed by atoms with Crippen LogP contribution in [0.1, 0.15) is 70.1 Å². The lowest BCUT2D eigenvalue weighted by atomic mass is 10.0. The van der Waals surface area contributed by atoms with E-state index >= 15 is 0 Å². The van der Waals surface area contributed by atoms with Gasteiger partial charge in [-0.05, 0) is 25.5 Å². The van der Waals surface area contributed by atoms with E-state index in [1.807, 2.05) is 0 Å². The Labute approximate surface area is 195 Å². The minimum atomic E-state index is -0.726. The van der Waals surface area contributed by atoms with E-state index in [4.69, 9.17) is 4.74 Å². The lowest BCUT2D eigenvalue weighted by Gasteiger charge is -2.21. The van der Waals surface area contributed by atoms with Gasteiger partial charge in [0, 0.05) is 30.6 Å². The van der Waals surface area contributed by atoms with Gasteiger partial charge in [-0.25, -0.2) is 8.78 Å². The van der Waals surface area contributed by atoms with Crippen LogP contribution in [0.15, 0.2) is 42.9 Å². The van der Waals surface area contributed by atoms with E-state index < -0.39 is 29.6 Å². The SMILES string of the molecule is CC[C@@H](NC(=O)c1cc(C(=O)NC(C)c2cnccn2)c2n1CCOC2)c1ccc(F)cc1F. The first-order chi connectivity index (χ1) is 16.4. The Bertz CT molecular complexity index is 1200. The summed E-state index contributed by atoms with van der Waals surface area (Å²) >= 11 is 0. The largest absolute Gasteiger partial charge is 0.373 e. The minimum absolute atomic E-state index is 0.180. The number of nitrogens with zero attached hydrogens (tertiary/aromatic N) is 3. The molecule has 0 radical (unpaired) electrons. The van der Waals surface area contributed by atoms with E-state index in [9.17, 15) is 18.4 Å². The quantitative estimate of drug-likeness (QED) is 0.552. The number of nitrogens with one attached hydrogen (secondary N) is 2. The maximum atomic E-state index is 14.3. The molecular formula is C24H25F2N5O3. The molecule has 178 valence electrons. The van der Waals surface area contributed by atoms with Crippen LogP contribution < -0.4 is 10.6 Å². The standard InChI is InChI=1S/C24H25F2N5O3/c1-3-19(16-5-4-15(25)10-18(16)26)30-24(33)21-11-17(22-13-34-9-8-31(21)22)23(32)29-14(2)20-12-27-6-7-28-20/h4-7,10-12,14,19H,3,8-9,13H2,1-2H3,(H,29,32)(H,30,33)/t14?,19-/m1/s1. The molecule has 1 aliphatic rings. The monoisotopic (exact) mass is 469 g/mol. The van der Waals surface area contributed by atoms with Crippen LogP contribution in [0.5, 0.6) is 0 Å². The zero-order valence-corrected chi connectivity index (χ0v) is 18.8. The maximum absolute atomic E-state index is 14.3. The molecule has 2 atom stereocenters. The highest BCUT2D eigenvalue weighted by Gasteiger charge is 2.28. The molecule has 1 aromatic carbocycles. The first-order valence-corrected chi connectivity index (χ1v) is 11.0. The summed E-state index contributed by atoms with van der Waals surface area (Å²) in [6, 6.07) is 3.74. The molecule has 1 aliphatic heterocycles. The molecule has 0 saturated carbocycles. The zero-order chi connectivity index (χ0) is 24.2. The van der Waals surface area contributed by atoms with Gasteiger partial charge in [0.15, 0.2) is 0 Å². The summed E-state index contributed by atoms with van der Waals surface area (Å²) in [6.45, 7) is 4.55. The lowest BCUT2D eigenvalue weighted by Crippen LogP contribution is -2.32. The predicted molar refractivity (Wildman–Crippen MR) is 119 cm³/mol. The van der Waals surface area contributed by atoms with Crippen LogP contribution >= 0.6 is 0 Å². The number of hydrogen-bond acceptors (Lipinski definition) is 5. The van der Waals surface area contributed by atoms with Crippen molar-refractivity contribution in [3.63, 3.8) is 0 Å². The predicted octanol–water partition coefficient (Wildman–Crippen LogP) is 3.46. The average molecular weight is 469 g/mol. The van der Waals surface area contributed by atoms with Gasteiger partial charge in [-0.15, -0.1) is 0 Å². The second kappa shape index (κ2) is 10.1. The number of amides is 2. The number of rotatable bonds is 7. The third-order valence-electron chi connectivity index (χ3n) is 5.81. The Kier molecular flexibility index (Phi) is 6.97. The number of ether oxygens (including phenoxy) is 1. The first kappa shape index (κ1) is 23.5. The molecule has 10 heteroatoms. The van der Waals surface area contributed by atoms with E-state index in [1.165, 1.54) is 12.1 Å². The summed E-state index contributed by atoms with van der Waals surface area (Å²) in [4.78, 5) is 34.5. The third kappa shape index (κ3) is 4.81. The molecule has 2 amide bonds. The normalized spacial score (nSPS) is 14.7. The van der Waals surface area contributed by atoms with Gasteiger partial charge in [0.2, 0.25) is 0 Å². The molecular weight excluding hydrogens is 444 g/mol. The Morgan fingerprint density at radius 3 is 2.71 bits per heavy atom. The molecule has 3 heterocycles. The first-order valence-electron chi connectivity index (χ1n) is 11.0. The summed E-state index contributed by atoms with van der Waals surface area (Å²) in [5, 5.41) is 5.69. The van der Waals surface area contributed by atoms with Crippen molar-refractivity contribution in [2.75, 3.05) is 6.61 Å². The van der Waals surface area contributed by atoms with Crippen molar-refractivity contribution in [2.45, 2.75) is 45.5 Å². The van der Waals surface area contributed by atoms with E-state index in [2.05, 4.69) is 20.6 Å². The van der Waals surface area contributed by atoms with E-state index in [1.54, 1.807) is 37.0 Å². The fourth-order valence-electron chi connectivity index (χ4n) is 4.01. The number of carbonyl (C=O) groups excluding carboxylic acids is 2. The summed E-state index contributed by atoms with van der Waals surface area (Å²) in [5.41, 5.74) is 1.98. The number of aromatic nitrogens is 3. The van der Waals surface area contributed by atoms with E-state index in [0.717, 1.165) is 12.1 Å². The highest BCUT2D eigenvalue weighted by Crippen LogP contribution is 2.25. The van der Waals surface area contributed by atoms with Crippen LogP contribution in [0.25, 0.3) is 0 Å². The van der Waals surface area contributed by atoms with E-state index in [-0.39, 0.29) is 23.8 Å². The Morgan fingerprint density at radius 2 is 2.00 bits per heavy atom. The summed E-state index contributed by atoms with van der Waals surface area (Å²) in [6.07, 6.45) is 5.06. The van der Waals surface area contributed by atoms with Gasteiger partial charge in [0.1, 0.15) is 17.3 Å². The van der Waals surface area contributed by atoms with Crippen molar-refractivity contribution in [3.8, 4) is 0 Å². The van der Waals surface area contributed by atoms with Crippen molar-refractivity contribution in [1.82, 2.24) is 25.2 Å². The minimum Gasteiger partial charge on any atom is -0.373 e. The topological polar surface area (TPSA) is 98.1 Å². The number of fused-ring (bicyclic) bond motifs is 1. The Morgan fingerprint density at radius 1 is 1.18 bits per heavy atom. The molecule has 0 saturated heterocycles. The zero-order valence-electron chi connectivity index (χ0n) is 18.8. The van der Waals surface area contributed by atoms with Crippen molar-refractivity contribution in [2.24, 2.45) is 0 Å². The van der Waals surface area contributed by atoms with Gasteiger partial charge >= 0.3 is 0 Å². The van der Waals surface area contributed by atoms with Crippen LogP contribution in [-0.4, -0.2) is 33.0 Å². The van der Waals surface area contributed by atoms with Gasteiger partial charge in [-0.2, -0.15) is 0 Å². The number of hydrogen-bond donors (Lipinski definition) is 2. The van der Waals surface area contributed by atoms with Crippen LogP contribution in [0, 0.1) is 11.6 Å². The van der Waals surface area contributed by atoms with Crippen LogP contribution in [0.4, 0.5) is 8.78 Å². The van der Waals surface area contributed by atoms with Gasteiger partial charge in [-0.1, -0.05) is 13.0 Å². The molecule has 4 rings (SSSR count). The third-order valence-corrected chi connectivity index (χ3v) is 5.81. The summed E-state index contributed by atoms with van der Waals surface area (Å²) in [7, 11) is 0. The summed E-state index contributed by atoms with van der Waals surface area (Å²) < 4.78 is 34.9. The number of halogens is 2. The maximum Gasteiger partial charge on any atom is 0.268 e. The van der Waals surface area contributed by atoms with Crippen LogP contribution in [-0.2, 0) is 17.9 Å². The number of benzene rings is 1. The van der Waals surface area contributed by atoms with Crippen molar-refractivity contribution in [1.29, 1.82) is 0 Å². The molecule has 8 nitrogen and oxygen atoms in total. The fraction of sp³-hybridized carbons (Fsp3) is 0.333. The van der Waals surface area contributed by atoms with E-state index in [0.29, 0.717) is 36.5 Å². The molecule has 34 heavy (non-hydrogen) atoms. The number of carbonyl (C=O) groups is 2. The Balaban J connectivity index is 1.58. The molecule has 0 fully saturated rings. The molecule has 3 aromatic rings. The second-order valence-corrected chi connectivity index (χ2v) is 8.02. The molecule has 2 N–H and O–H groups in total. The van der Waals surface area contributed by atoms with Crippen molar-refractivity contribution in [3.05, 3.63) is 82.7 Å². The lowest BCUT2D eigenvalue weighted by molar-refractivity contribution is 0.0773. The molecule has 1 unspecified atom stereocenters. The smallest absolute Gasteiger partial charge is 0.268 e. The summed E-state index contributed by atoms with van der Waals surface area (Å²) in [5.74, 6) is -2.24. The Hall–Kier alpha value is -3.66. The fourth-order valence-corrected chi connectivity index (χ4v) is 4.01. The average Bonchev–Trinajstić information content (AvgIpc) is 3.23. The molecule has 2 aromatic heterocycles. The van der Waals surface area contributed by atoms with Gasteiger partial charge in [-0.3, -0.25) is 19.6 Å². The highest BCUT2D eigenvalue weighted by atomic mass is 19.1. The van der Waals surface area contributed by atoms with Crippen molar-refractivity contribution < 1.29 is 23.1 Å². The van der Waals surface area contributed by atoms with Gasteiger partial charge in [0.05, 0.1) is 48.4 Å². The van der Waals surface area contributed by atoms with Gasteiger partial charge in [0.25, 0.3) is 11.8 Å². The van der Waals surface area contributed by atoms with Gasteiger partial charge < -0.3 is 19.9 Å². The molecule has 0 bridgehead atoms.